The highest BCUT2D eigenvalue weighted by Crippen LogP contribution is 2.33. The van der Waals surface area contributed by atoms with Crippen LogP contribution in [0.25, 0.3) is 0 Å². The number of nitrogens with one attached hydrogen (secondary N) is 1. The Morgan fingerprint density at radius 2 is 2.00 bits per heavy atom. The molecule has 0 aliphatic carbocycles. The lowest BCUT2D eigenvalue weighted by Crippen LogP contribution is -2.53. The van der Waals surface area contributed by atoms with Crippen molar-refractivity contribution in [2.75, 3.05) is 13.1 Å². The van der Waals surface area contributed by atoms with Crippen LogP contribution in [0.15, 0.2) is 0 Å². The van der Waals surface area contributed by atoms with Gasteiger partial charge in [0.25, 0.3) is 0 Å². The van der Waals surface area contributed by atoms with Crippen molar-refractivity contribution < 1.29 is 9.18 Å². The van der Waals surface area contributed by atoms with Crippen molar-refractivity contribution in [3.63, 3.8) is 0 Å². The molecule has 1 fully saturated rings. The molecule has 1 heterocycles. The maximum Gasteiger partial charge on any atom is 0.181 e. The first-order chi connectivity index (χ1) is 5.36. The summed E-state index contributed by atoms with van der Waals surface area (Å²) in [7, 11) is 0. The second-order valence-corrected chi connectivity index (χ2v) is 4.47. The molecule has 1 rings (SSSR count). The van der Waals surface area contributed by atoms with Crippen molar-refractivity contribution in [2.45, 2.75) is 32.9 Å². The van der Waals surface area contributed by atoms with Gasteiger partial charge in [0.05, 0.1) is 0 Å². The number of alkyl halides is 1. The fourth-order valence-corrected chi connectivity index (χ4v) is 1.73. The van der Waals surface area contributed by atoms with E-state index in [2.05, 4.69) is 5.32 Å². The second-order valence-electron chi connectivity index (χ2n) is 4.47. The maximum absolute atomic E-state index is 13.8. The number of ketones is 1. The third-order valence-corrected chi connectivity index (χ3v) is 2.40. The summed E-state index contributed by atoms with van der Waals surface area (Å²) < 4.78 is 13.8. The summed E-state index contributed by atoms with van der Waals surface area (Å²) in [5.41, 5.74) is -1.75. The van der Waals surface area contributed by atoms with E-state index in [4.69, 9.17) is 0 Å². The predicted octanol–water partition coefficient (Wildman–Crippen LogP) is 1.30. The summed E-state index contributed by atoms with van der Waals surface area (Å²) in [6.07, 6.45) is 0.336. The number of hydrogen-bond acceptors (Lipinski definition) is 2. The molecule has 1 N–H and O–H groups in total. The van der Waals surface area contributed by atoms with E-state index in [9.17, 15) is 9.18 Å². The van der Waals surface area contributed by atoms with Crippen LogP contribution in [0.4, 0.5) is 4.39 Å². The molecule has 1 aliphatic rings. The summed E-state index contributed by atoms with van der Waals surface area (Å²) in [6.45, 7) is 6.22. The van der Waals surface area contributed by atoms with Gasteiger partial charge in [-0.15, -0.1) is 0 Å². The Balaban J connectivity index is 2.74. The van der Waals surface area contributed by atoms with Gasteiger partial charge in [-0.3, -0.25) is 4.79 Å². The SMILES string of the molecule is CC(=O)[C@]1(F)CNCC(C)(C)C1. The minimum atomic E-state index is -1.64. The molecule has 1 saturated heterocycles. The number of hydrogen-bond donors (Lipinski definition) is 1. The summed E-state index contributed by atoms with van der Waals surface area (Å²) in [6, 6.07) is 0. The summed E-state index contributed by atoms with van der Waals surface area (Å²) in [4.78, 5) is 11.0. The largest absolute Gasteiger partial charge is 0.313 e. The molecule has 0 saturated carbocycles. The third-order valence-electron chi connectivity index (χ3n) is 2.40. The number of piperidine rings is 1. The fourth-order valence-electron chi connectivity index (χ4n) is 1.73. The molecule has 1 atom stereocenters. The van der Waals surface area contributed by atoms with Crippen molar-refractivity contribution in [3.05, 3.63) is 0 Å². The van der Waals surface area contributed by atoms with Crippen molar-refractivity contribution in [1.29, 1.82) is 0 Å². The molecular formula is C9H16FNO. The van der Waals surface area contributed by atoms with Gasteiger partial charge in [0, 0.05) is 13.1 Å². The molecule has 0 unspecified atom stereocenters. The van der Waals surface area contributed by atoms with Crippen LogP contribution in [0.5, 0.6) is 0 Å². The molecule has 0 aromatic heterocycles. The minimum absolute atomic E-state index is 0.112. The van der Waals surface area contributed by atoms with Gasteiger partial charge in [-0.2, -0.15) is 0 Å². The van der Waals surface area contributed by atoms with E-state index < -0.39 is 5.67 Å². The molecular weight excluding hydrogens is 157 g/mol. The molecule has 70 valence electrons. The summed E-state index contributed by atoms with van der Waals surface area (Å²) in [5, 5.41) is 2.95. The van der Waals surface area contributed by atoms with Crippen LogP contribution in [0.1, 0.15) is 27.2 Å². The Labute approximate surface area is 72.5 Å². The minimum Gasteiger partial charge on any atom is -0.313 e. The lowest BCUT2D eigenvalue weighted by atomic mass is 9.76. The lowest BCUT2D eigenvalue weighted by Gasteiger charge is -2.38. The van der Waals surface area contributed by atoms with E-state index in [1.807, 2.05) is 13.8 Å². The van der Waals surface area contributed by atoms with Crippen molar-refractivity contribution in [3.8, 4) is 0 Å². The first-order valence-electron chi connectivity index (χ1n) is 4.26. The van der Waals surface area contributed by atoms with Gasteiger partial charge in [0.1, 0.15) is 0 Å². The topological polar surface area (TPSA) is 29.1 Å². The monoisotopic (exact) mass is 173 g/mol. The summed E-state index contributed by atoms with van der Waals surface area (Å²) in [5.74, 6) is -0.359. The van der Waals surface area contributed by atoms with Crippen molar-refractivity contribution in [2.24, 2.45) is 5.41 Å². The zero-order valence-corrected chi connectivity index (χ0v) is 7.91. The van der Waals surface area contributed by atoms with Crippen LogP contribution >= 0.6 is 0 Å². The highest BCUT2D eigenvalue weighted by atomic mass is 19.1. The van der Waals surface area contributed by atoms with Crippen molar-refractivity contribution >= 4 is 5.78 Å². The van der Waals surface area contributed by atoms with E-state index >= 15 is 0 Å². The number of carbonyl (C=O) groups is 1. The van der Waals surface area contributed by atoms with E-state index in [1.165, 1.54) is 6.92 Å². The maximum atomic E-state index is 13.8. The molecule has 0 bridgehead atoms. The Morgan fingerprint density at radius 1 is 1.42 bits per heavy atom. The first kappa shape index (κ1) is 9.65. The third kappa shape index (κ3) is 1.83. The van der Waals surface area contributed by atoms with Crippen molar-refractivity contribution in [1.82, 2.24) is 5.32 Å². The van der Waals surface area contributed by atoms with Gasteiger partial charge >= 0.3 is 0 Å². The second kappa shape index (κ2) is 2.80. The van der Waals surface area contributed by atoms with E-state index in [1.54, 1.807) is 0 Å². The number of carbonyl (C=O) groups excluding carboxylic acids is 1. The fraction of sp³-hybridized carbons (Fsp3) is 0.889. The van der Waals surface area contributed by atoms with Crippen LogP contribution in [0, 0.1) is 5.41 Å². The highest BCUT2D eigenvalue weighted by molar-refractivity contribution is 5.85. The number of rotatable bonds is 1. The molecule has 12 heavy (non-hydrogen) atoms. The van der Waals surface area contributed by atoms with E-state index in [0.717, 1.165) is 6.54 Å². The molecule has 0 radical (unpaired) electrons. The normalized spacial score (nSPS) is 34.7. The van der Waals surface area contributed by atoms with E-state index in [0.29, 0.717) is 6.42 Å². The highest BCUT2D eigenvalue weighted by Gasteiger charge is 2.43. The Kier molecular flexibility index (Phi) is 2.25. The first-order valence-corrected chi connectivity index (χ1v) is 4.26. The molecule has 0 aromatic carbocycles. The average molecular weight is 173 g/mol. The number of halogens is 1. The molecule has 1 aliphatic heterocycles. The van der Waals surface area contributed by atoms with Crippen LogP contribution in [-0.2, 0) is 4.79 Å². The van der Waals surface area contributed by atoms with Crippen LogP contribution in [0.3, 0.4) is 0 Å². The molecule has 0 amide bonds. The number of Topliss-reactive ketones (excluding diaryl/α,β-unsaturated/α-hetero) is 1. The molecule has 2 nitrogen and oxygen atoms in total. The van der Waals surface area contributed by atoms with Crippen LogP contribution in [-0.4, -0.2) is 24.5 Å². The van der Waals surface area contributed by atoms with Gasteiger partial charge in [0.15, 0.2) is 11.5 Å². The summed E-state index contributed by atoms with van der Waals surface area (Å²) >= 11 is 0. The molecule has 0 aromatic rings. The van der Waals surface area contributed by atoms with Gasteiger partial charge in [-0.25, -0.2) is 4.39 Å². The Hall–Kier alpha value is -0.440. The Morgan fingerprint density at radius 3 is 2.33 bits per heavy atom. The van der Waals surface area contributed by atoms with Gasteiger partial charge < -0.3 is 5.32 Å². The predicted molar refractivity (Wildman–Crippen MR) is 45.8 cm³/mol. The lowest BCUT2D eigenvalue weighted by molar-refractivity contribution is -0.131. The average Bonchev–Trinajstić information content (AvgIpc) is 1.83. The smallest absolute Gasteiger partial charge is 0.181 e. The van der Waals surface area contributed by atoms with Gasteiger partial charge in [0.2, 0.25) is 0 Å². The van der Waals surface area contributed by atoms with E-state index in [-0.39, 0.29) is 17.7 Å². The van der Waals surface area contributed by atoms with Gasteiger partial charge in [-0.1, -0.05) is 13.8 Å². The quantitative estimate of drug-likeness (QED) is 0.647. The standard InChI is InChI=1S/C9H16FNO/c1-7(12)9(10)4-8(2,3)5-11-6-9/h11H,4-6H2,1-3H3/t9-/m1/s1. The van der Waals surface area contributed by atoms with Crippen LogP contribution in [0.2, 0.25) is 0 Å². The molecule has 3 heteroatoms. The zero-order chi connectivity index (χ0) is 9.41. The molecule has 0 spiro atoms. The van der Waals surface area contributed by atoms with Gasteiger partial charge in [-0.05, 0) is 18.8 Å². The zero-order valence-electron chi connectivity index (χ0n) is 7.91. The van der Waals surface area contributed by atoms with Crippen LogP contribution < -0.4 is 5.32 Å². The Bertz CT molecular complexity index is 203.